The van der Waals surface area contributed by atoms with Crippen LogP contribution in [0.5, 0.6) is 0 Å². The number of hydrogen-bond acceptors (Lipinski definition) is 1. The monoisotopic (exact) mass is 222 g/mol. The number of rotatable bonds is 1. The summed E-state index contributed by atoms with van der Waals surface area (Å²) in [4.78, 5) is 1.78. The lowest BCUT2D eigenvalue weighted by molar-refractivity contribution is 0.604. The fraction of sp³-hybridized carbons (Fsp3) is 0. The minimum atomic E-state index is 0.869. The maximum Gasteiger partial charge on any atom is 0.134 e. The Morgan fingerprint density at radius 1 is 1.25 bits per heavy atom. The maximum atomic E-state index is 5.49. The normalized spacial score (nSPS) is 11.4. The largest absolute Gasteiger partial charge is 0.457 e. The summed E-state index contributed by atoms with van der Waals surface area (Å²) in [5.74, 6) is 0.869. The molecular weight excluding hydrogens is 216 g/mol. The van der Waals surface area contributed by atoms with Crippen molar-refractivity contribution in [1.82, 2.24) is 0 Å². The van der Waals surface area contributed by atoms with Crippen molar-refractivity contribution >= 4 is 33.0 Å². The first-order valence-electron chi connectivity index (χ1n) is 3.65. The maximum absolute atomic E-state index is 5.49. The zero-order valence-electron chi connectivity index (χ0n) is 6.33. The van der Waals surface area contributed by atoms with Gasteiger partial charge in [-0.1, -0.05) is 34.1 Å². The average molecular weight is 223 g/mol. The molecule has 0 aliphatic rings. The van der Waals surface area contributed by atoms with Crippen LogP contribution in [0.1, 0.15) is 5.76 Å². The molecule has 0 bridgehead atoms. The number of halogens is 1. The van der Waals surface area contributed by atoms with Crippen LogP contribution >= 0.6 is 15.9 Å². The van der Waals surface area contributed by atoms with Crippen LogP contribution in [0, 0.1) is 0 Å². The highest BCUT2D eigenvalue weighted by atomic mass is 79.9. The van der Waals surface area contributed by atoms with Crippen LogP contribution in [0.25, 0.3) is 17.0 Å². The molecule has 0 saturated heterocycles. The molecule has 0 radical (unpaired) electrons. The minimum Gasteiger partial charge on any atom is -0.457 e. The molecule has 0 aliphatic heterocycles. The smallest absolute Gasteiger partial charge is 0.134 e. The zero-order valence-corrected chi connectivity index (χ0v) is 7.91. The Balaban J connectivity index is 2.62. The summed E-state index contributed by atoms with van der Waals surface area (Å²) in [6.07, 6.45) is 1.88. The molecule has 0 spiro atoms. The van der Waals surface area contributed by atoms with Crippen LogP contribution in [-0.2, 0) is 0 Å². The van der Waals surface area contributed by atoms with Gasteiger partial charge in [0.2, 0.25) is 0 Å². The average Bonchev–Trinajstić information content (AvgIpc) is 2.47. The van der Waals surface area contributed by atoms with E-state index in [2.05, 4.69) is 15.9 Å². The Morgan fingerprint density at radius 3 is 2.83 bits per heavy atom. The van der Waals surface area contributed by atoms with E-state index >= 15 is 0 Å². The number of benzene rings is 1. The highest BCUT2D eigenvalue weighted by Crippen LogP contribution is 2.19. The van der Waals surface area contributed by atoms with Gasteiger partial charge in [-0.3, -0.25) is 0 Å². The Labute approximate surface area is 78.8 Å². The molecule has 0 fully saturated rings. The van der Waals surface area contributed by atoms with Crippen LogP contribution in [0.15, 0.2) is 39.7 Å². The van der Waals surface area contributed by atoms with E-state index in [1.165, 1.54) is 0 Å². The summed E-state index contributed by atoms with van der Waals surface area (Å²) in [6.45, 7) is 0. The van der Waals surface area contributed by atoms with Crippen molar-refractivity contribution in [2.24, 2.45) is 0 Å². The molecule has 60 valence electrons. The van der Waals surface area contributed by atoms with E-state index in [0.717, 1.165) is 16.7 Å². The molecule has 0 aliphatic carbocycles. The van der Waals surface area contributed by atoms with Crippen molar-refractivity contribution in [3.05, 3.63) is 41.1 Å². The Kier molecular flexibility index (Phi) is 2.00. The van der Waals surface area contributed by atoms with Crippen LogP contribution < -0.4 is 0 Å². The summed E-state index contributed by atoms with van der Waals surface area (Å²) in [5, 5.41) is 1.14. The number of hydrogen-bond donors (Lipinski definition) is 0. The predicted octanol–water partition coefficient (Wildman–Crippen LogP) is 3.80. The molecule has 2 heteroatoms. The van der Waals surface area contributed by atoms with Crippen LogP contribution in [0.3, 0.4) is 0 Å². The van der Waals surface area contributed by atoms with Crippen molar-refractivity contribution in [3.8, 4) is 0 Å². The third-order valence-electron chi connectivity index (χ3n) is 1.67. The van der Waals surface area contributed by atoms with Gasteiger partial charge in [0.25, 0.3) is 0 Å². The molecule has 0 atom stereocenters. The van der Waals surface area contributed by atoms with Crippen molar-refractivity contribution in [2.45, 2.75) is 0 Å². The summed E-state index contributed by atoms with van der Waals surface area (Å²) >= 11 is 3.20. The van der Waals surface area contributed by atoms with Crippen molar-refractivity contribution < 1.29 is 4.42 Å². The molecule has 1 heterocycles. The van der Waals surface area contributed by atoms with Crippen LogP contribution in [0.2, 0.25) is 0 Å². The number of para-hydroxylation sites is 1. The van der Waals surface area contributed by atoms with Gasteiger partial charge in [0.1, 0.15) is 11.3 Å². The van der Waals surface area contributed by atoms with E-state index in [9.17, 15) is 0 Å². The first-order chi connectivity index (χ1) is 5.90. The van der Waals surface area contributed by atoms with Gasteiger partial charge in [0.05, 0.1) is 0 Å². The van der Waals surface area contributed by atoms with Gasteiger partial charge < -0.3 is 4.42 Å². The summed E-state index contributed by atoms with van der Waals surface area (Å²) in [7, 11) is 0. The van der Waals surface area contributed by atoms with Gasteiger partial charge in [-0.05, 0) is 23.2 Å². The lowest BCUT2D eigenvalue weighted by Gasteiger charge is -1.82. The fourth-order valence-corrected chi connectivity index (χ4v) is 1.41. The lowest BCUT2D eigenvalue weighted by Crippen LogP contribution is -1.57. The van der Waals surface area contributed by atoms with E-state index < -0.39 is 0 Å². The zero-order chi connectivity index (χ0) is 8.39. The Morgan fingerprint density at radius 2 is 2.08 bits per heavy atom. The highest BCUT2D eigenvalue weighted by molar-refractivity contribution is 9.11. The second kappa shape index (κ2) is 3.15. The number of fused-ring (bicyclic) bond motifs is 1. The summed E-state index contributed by atoms with van der Waals surface area (Å²) < 4.78 is 5.49. The van der Waals surface area contributed by atoms with E-state index in [1.54, 1.807) is 4.99 Å². The van der Waals surface area contributed by atoms with Crippen LogP contribution in [0.4, 0.5) is 0 Å². The quantitative estimate of drug-likeness (QED) is 0.716. The van der Waals surface area contributed by atoms with Gasteiger partial charge in [0.15, 0.2) is 0 Å². The molecule has 1 nitrogen and oxygen atoms in total. The first-order valence-corrected chi connectivity index (χ1v) is 4.57. The molecule has 12 heavy (non-hydrogen) atoms. The van der Waals surface area contributed by atoms with E-state index in [0.29, 0.717) is 0 Å². The highest BCUT2D eigenvalue weighted by Gasteiger charge is 1.97. The van der Waals surface area contributed by atoms with Gasteiger partial charge in [-0.15, -0.1) is 0 Å². The van der Waals surface area contributed by atoms with Gasteiger partial charge in [-0.25, -0.2) is 0 Å². The first kappa shape index (κ1) is 7.62. The third-order valence-corrected chi connectivity index (χ3v) is 1.94. The standard InChI is InChI=1S/C10H7BrO/c11-6-5-9-7-8-3-1-2-4-10(8)12-9/h1-7H/b6-5-. The van der Waals surface area contributed by atoms with Crippen LogP contribution in [-0.4, -0.2) is 0 Å². The lowest BCUT2D eigenvalue weighted by atomic mass is 10.2. The molecule has 2 aromatic rings. The fourth-order valence-electron chi connectivity index (χ4n) is 1.15. The van der Waals surface area contributed by atoms with Gasteiger partial charge in [-0.2, -0.15) is 0 Å². The van der Waals surface area contributed by atoms with Crippen molar-refractivity contribution in [2.75, 3.05) is 0 Å². The van der Waals surface area contributed by atoms with Crippen molar-refractivity contribution in [3.63, 3.8) is 0 Å². The summed E-state index contributed by atoms with van der Waals surface area (Å²) in [5.41, 5.74) is 0.929. The minimum absolute atomic E-state index is 0.869. The second-order valence-electron chi connectivity index (χ2n) is 2.48. The number of furan rings is 1. The SMILES string of the molecule is Br/C=C\c1cc2ccccc2o1. The molecule has 0 saturated carbocycles. The topological polar surface area (TPSA) is 13.1 Å². The molecular formula is C10H7BrO. The molecule has 0 unspecified atom stereocenters. The molecule has 0 amide bonds. The molecule has 2 rings (SSSR count). The molecule has 1 aromatic heterocycles. The molecule has 1 aromatic carbocycles. The predicted molar refractivity (Wildman–Crippen MR) is 54.2 cm³/mol. The second-order valence-corrected chi connectivity index (χ2v) is 3.01. The Hall–Kier alpha value is -1.02. The van der Waals surface area contributed by atoms with E-state index in [4.69, 9.17) is 4.42 Å². The van der Waals surface area contributed by atoms with Crippen molar-refractivity contribution in [1.29, 1.82) is 0 Å². The third kappa shape index (κ3) is 1.30. The Bertz CT molecular complexity index is 381. The molecule has 0 N–H and O–H groups in total. The van der Waals surface area contributed by atoms with E-state index in [1.807, 2.05) is 36.4 Å². The summed E-state index contributed by atoms with van der Waals surface area (Å²) in [6, 6.07) is 9.96. The van der Waals surface area contributed by atoms with Gasteiger partial charge in [0, 0.05) is 5.39 Å². The van der Waals surface area contributed by atoms with E-state index in [-0.39, 0.29) is 0 Å². The van der Waals surface area contributed by atoms with Gasteiger partial charge >= 0.3 is 0 Å².